The molecule has 0 heterocycles. The fourth-order valence-corrected chi connectivity index (χ4v) is 2.00. The molecule has 3 heteroatoms. The predicted molar refractivity (Wildman–Crippen MR) is 84.3 cm³/mol. The van der Waals surface area contributed by atoms with E-state index < -0.39 is 0 Å². The number of benzene rings is 2. The second-order valence-corrected chi connectivity index (χ2v) is 4.76. The number of halogens is 1. The zero-order valence-corrected chi connectivity index (χ0v) is 11.8. The lowest BCUT2D eigenvalue weighted by Gasteiger charge is -2.00. The molecule has 0 fully saturated rings. The van der Waals surface area contributed by atoms with Gasteiger partial charge >= 0.3 is 0 Å². The maximum atomic E-state index is 12.1. The fraction of sp³-hybridized carbons (Fsp3) is 0.222. The molecule has 2 nitrogen and oxygen atoms in total. The number of hydrogen-bond acceptors (Lipinski definition) is 2. The van der Waals surface area contributed by atoms with Crippen molar-refractivity contribution in [1.82, 2.24) is 0 Å². The summed E-state index contributed by atoms with van der Waals surface area (Å²) >= 11 is 0. The van der Waals surface area contributed by atoms with E-state index in [1.54, 1.807) is 18.3 Å². The molecule has 0 aromatic heterocycles. The molecule has 0 saturated carbocycles. The van der Waals surface area contributed by atoms with Gasteiger partial charge in [0.25, 0.3) is 0 Å². The summed E-state index contributed by atoms with van der Waals surface area (Å²) in [5.41, 5.74) is 2.61. The number of Topliss-reactive ketones (excluding diaryl/α,β-unsaturated/α-hetero) is 1. The second-order valence-electron chi connectivity index (χ2n) is 4.76. The zero-order valence-electron chi connectivity index (χ0n) is 11.8. The van der Waals surface area contributed by atoms with Crippen LogP contribution in [0.3, 0.4) is 0 Å². The molecule has 0 bridgehead atoms. The van der Waals surface area contributed by atoms with Crippen molar-refractivity contribution in [3.8, 4) is 0 Å². The highest BCUT2D eigenvalue weighted by Gasteiger charge is 2.02. The van der Waals surface area contributed by atoms with Gasteiger partial charge in [0.2, 0.25) is 0 Å². The smallest absolute Gasteiger partial charge is 0.168 e. The van der Waals surface area contributed by atoms with Gasteiger partial charge in [0.1, 0.15) is 0 Å². The Kier molecular flexibility index (Phi) is 5.83. The standard InChI is InChI=1S/C18H18FNO/c19-13-4-5-15-8-10-17(11-9-15)20-14-12-18(21)16-6-2-1-3-7-16/h1-3,6-11,14H,4-5,12-13H2/i19-1. The van der Waals surface area contributed by atoms with Crippen LogP contribution in [0.15, 0.2) is 59.6 Å². The van der Waals surface area contributed by atoms with E-state index in [0.717, 1.165) is 17.7 Å². The van der Waals surface area contributed by atoms with Gasteiger partial charge in [0.15, 0.2) is 5.78 Å². The average Bonchev–Trinajstić information content (AvgIpc) is 2.55. The fourth-order valence-electron chi connectivity index (χ4n) is 2.00. The lowest BCUT2D eigenvalue weighted by Crippen LogP contribution is -1.98. The summed E-state index contributed by atoms with van der Waals surface area (Å²) in [7, 11) is 0. The van der Waals surface area contributed by atoms with E-state index in [9.17, 15) is 9.18 Å². The highest BCUT2D eigenvalue weighted by Crippen LogP contribution is 2.14. The molecule has 21 heavy (non-hydrogen) atoms. The van der Waals surface area contributed by atoms with Gasteiger partial charge in [-0.15, -0.1) is 0 Å². The van der Waals surface area contributed by atoms with Crippen molar-refractivity contribution in [2.24, 2.45) is 4.99 Å². The summed E-state index contributed by atoms with van der Waals surface area (Å²) < 4.78 is 12.1. The van der Waals surface area contributed by atoms with E-state index in [-0.39, 0.29) is 18.9 Å². The van der Waals surface area contributed by atoms with Gasteiger partial charge in [-0.25, -0.2) is 0 Å². The SMILES string of the molecule is O=C(CC=Nc1ccc(CCC[18F])cc1)c1ccccc1. The Morgan fingerprint density at radius 2 is 1.76 bits per heavy atom. The molecule has 0 aliphatic rings. The molecule has 0 amide bonds. The number of carbonyl (C=O) groups is 1. The summed E-state index contributed by atoms with van der Waals surface area (Å²) in [6.07, 6.45) is 3.21. The molecular weight excluding hydrogens is 264 g/mol. The van der Waals surface area contributed by atoms with E-state index in [2.05, 4.69) is 4.99 Å². The van der Waals surface area contributed by atoms with Crippen LogP contribution >= 0.6 is 0 Å². The van der Waals surface area contributed by atoms with Gasteiger partial charge in [-0.05, 0) is 30.5 Å². The van der Waals surface area contributed by atoms with Crippen LogP contribution in [-0.4, -0.2) is 18.7 Å². The number of carbonyl (C=O) groups excluding carboxylic acids is 1. The minimum atomic E-state index is -0.290. The first-order valence-corrected chi connectivity index (χ1v) is 7.05. The van der Waals surface area contributed by atoms with Crippen molar-refractivity contribution in [1.29, 1.82) is 0 Å². The Balaban J connectivity index is 1.88. The van der Waals surface area contributed by atoms with Gasteiger partial charge in [0.05, 0.1) is 12.4 Å². The van der Waals surface area contributed by atoms with E-state index in [1.165, 1.54) is 0 Å². The number of ketones is 1. The third-order valence-corrected chi connectivity index (χ3v) is 3.15. The molecule has 0 unspecified atom stereocenters. The molecule has 0 aliphatic heterocycles. The average molecular weight is 282 g/mol. The Morgan fingerprint density at radius 1 is 1.05 bits per heavy atom. The first-order valence-electron chi connectivity index (χ1n) is 7.05. The molecule has 0 N–H and O–H groups in total. The molecule has 108 valence electrons. The molecule has 2 aromatic carbocycles. The number of nitrogens with zero attached hydrogens (tertiary/aromatic N) is 1. The molecule has 0 saturated heterocycles. The molecular formula is C18H18FNO. The Labute approximate surface area is 124 Å². The van der Waals surface area contributed by atoms with Gasteiger partial charge in [-0.2, -0.15) is 0 Å². The van der Waals surface area contributed by atoms with Crippen molar-refractivity contribution >= 4 is 17.7 Å². The molecule has 2 rings (SSSR count). The summed E-state index contributed by atoms with van der Waals surface area (Å²) in [5, 5.41) is 0. The third-order valence-electron chi connectivity index (χ3n) is 3.15. The minimum absolute atomic E-state index is 0.0546. The second kappa shape index (κ2) is 8.10. The molecule has 0 spiro atoms. The Hall–Kier alpha value is -2.29. The Bertz CT molecular complexity index is 590. The lowest BCUT2D eigenvalue weighted by atomic mass is 10.1. The lowest BCUT2D eigenvalue weighted by molar-refractivity contribution is 0.100. The minimum Gasteiger partial charge on any atom is -0.294 e. The molecule has 2 aromatic rings. The number of alkyl halides is 1. The number of aryl methyl sites for hydroxylation is 1. The van der Waals surface area contributed by atoms with Crippen LogP contribution < -0.4 is 0 Å². The number of hydrogen-bond donors (Lipinski definition) is 0. The topological polar surface area (TPSA) is 29.4 Å². The van der Waals surface area contributed by atoms with E-state index in [4.69, 9.17) is 0 Å². The van der Waals surface area contributed by atoms with E-state index >= 15 is 0 Å². The van der Waals surface area contributed by atoms with Gasteiger partial charge in [-0.3, -0.25) is 14.2 Å². The van der Waals surface area contributed by atoms with Crippen LogP contribution in [0.25, 0.3) is 0 Å². The van der Waals surface area contributed by atoms with Crippen LogP contribution in [0.1, 0.15) is 28.8 Å². The van der Waals surface area contributed by atoms with Crippen LogP contribution in [0, 0.1) is 0 Å². The van der Waals surface area contributed by atoms with Gasteiger partial charge in [0, 0.05) is 18.2 Å². The van der Waals surface area contributed by atoms with Crippen molar-refractivity contribution in [2.75, 3.05) is 6.67 Å². The Morgan fingerprint density at radius 3 is 2.43 bits per heavy atom. The summed E-state index contributed by atoms with van der Waals surface area (Å²) in [5.74, 6) is 0.0546. The molecule has 0 radical (unpaired) electrons. The van der Waals surface area contributed by atoms with Crippen LogP contribution in [0.2, 0.25) is 0 Å². The van der Waals surface area contributed by atoms with E-state index in [1.807, 2.05) is 42.5 Å². The summed E-state index contributed by atoms with van der Waals surface area (Å²) in [6.45, 7) is -0.290. The van der Waals surface area contributed by atoms with Crippen LogP contribution in [0.5, 0.6) is 0 Å². The molecule has 0 atom stereocenters. The van der Waals surface area contributed by atoms with Gasteiger partial charge in [-0.1, -0.05) is 42.5 Å². The van der Waals surface area contributed by atoms with Gasteiger partial charge < -0.3 is 0 Å². The number of rotatable bonds is 7. The first kappa shape index (κ1) is 15.1. The van der Waals surface area contributed by atoms with Crippen molar-refractivity contribution < 1.29 is 9.18 Å². The summed E-state index contributed by atoms with van der Waals surface area (Å²) in [4.78, 5) is 16.2. The maximum absolute atomic E-state index is 12.1. The van der Waals surface area contributed by atoms with Crippen LogP contribution in [-0.2, 0) is 6.42 Å². The zero-order chi connectivity index (χ0) is 14.9. The maximum Gasteiger partial charge on any atom is 0.168 e. The predicted octanol–water partition coefficient (Wildman–Crippen LogP) is 4.56. The highest BCUT2D eigenvalue weighted by atomic mass is 18.2. The van der Waals surface area contributed by atoms with Crippen molar-refractivity contribution in [3.05, 3.63) is 65.7 Å². The summed E-state index contributed by atoms with van der Waals surface area (Å²) in [6, 6.07) is 16.8. The first-order chi connectivity index (χ1) is 10.3. The largest absolute Gasteiger partial charge is 0.294 e. The van der Waals surface area contributed by atoms with E-state index in [0.29, 0.717) is 12.0 Å². The number of aliphatic imine (C=N–C) groups is 1. The van der Waals surface area contributed by atoms with Crippen molar-refractivity contribution in [2.45, 2.75) is 19.3 Å². The normalized spacial score (nSPS) is 10.9. The highest BCUT2D eigenvalue weighted by molar-refractivity contribution is 6.03. The van der Waals surface area contributed by atoms with Crippen molar-refractivity contribution in [3.63, 3.8) is 0 Å². The monoisotopic (exact) mass is 282 g/mol. The molecule has 0 aliphatic carbocycles. The van der Waals surface area contributed by atoms with Crippen LogP contribution in [0.4, 0.5) is 10.1 Å². The quantitative estimate of drug-likeness (QED) is 0.540. The third kappa shape index (κ3) is 4.95.